The van der Waals surface area contributed by atoms with Crippen LogP contribution in [-0.4, -0.2) is 18.6 Å². The number of aryl methyl sites for hydroxylation is 1. The van der Waals surface area contributed by atoms with E-state index in [-0.39, 0.29) is 0 Å². The average molecular weight is 268 g/mol. The highest BCUT2D eigenvalue weighted by molar-refractivity contribution is 5.83. The monoisotopic (exact) mass is 268 g/mol. The van der Waals surface area contributed by atoms with Gasteiger partial charge in [0.1, 0.15) is 0 Å². The van der Waals surface area contributed by atoms with E-state index >= 15 is 0 Å². The van der Waals surface area contributed by atoms with Crippen molar-refractivity contribution in [2.75, 3.05) is 6.54 Å². The van der Waals surface area contributed by atoms with Crippen LogP contribution in [0.25, 0.3) is 10.8 Å². The first-order chi connectivity index (χ1) is 9.72. The predicted octanol–water partition coefficient (Wildman–Crippen LogP) is 3.16. The number of rotatable bonds is 4. The molecular weight excluding hydrogens is 244 g/mol. The highest BCUT2D eigenvalue weighted by Crippen LogP contribution is 2.19. The Hall–Kier alpha value is -1.38. The lowest BCUT2D eigenvalue weighted by Crippen LogP contribution is -2.41. The molecule has 2 nitrogen and oxygen atoms in total. The largest absolute Gasteiger partial charge is 0.326 e. The number of hydrogen-bond donors (Lipinski definition) is 2. The van der Waals surface area contributed by atoms with Gasteiger partial charge in [0.25, 0.3) is 0 Å². The molecule has 2 aromatic carbocycles. The van der Waals surface area contributed by atoms with Gasteiger partial charge in [-0.3, -0.25) is 0 Å². The van der Waals surface area contributed by atoms with Crippen molar-refractivity contribution in [2.45, 2.75) is 44.7 Å². The molecule has 1 aliphatic carbocycles. The van der Waals surface area contributed by atoms with E-state index in [0.29, 0.717) is 12.1 Å². The summed E-state index contributed by atoms with van der Waals surface area (Å²) < 4.78 is 0. The molecule has 0 saturated heterocycles. The highest BCUT2D eigenvalue weighted by Gasteiger charge is 2.22. The van der Waals surface area contributed by atoms with Crippen LogP contribution in [0.4, 0.5) is 0 Å². The molecule has 1 aliphatic rings. The van der Waals surface area contributed by atoms with E-state index in [1.807, 2.05) is 0 Å². The number of hydrogen-bond acceptors (Lipinski definition) is 2. The summed E-state index contributed by atoms with van der Waals surface area (Å²) in [4.78, 5) is 0. The maximum atomic E-state index is 6.08. The third-order valence-electron chi connectivity index (χ3n) is 4.45. The maximum Gasteiger partial charge on any atom is 0.0219 e. The van der Waals surface area contributed by atoms with Crippen LogP contribution in [0.3, 0.4) is 0 Å². The summed E-state index contributed by atoms with van der Waals surface area (Å²) in [5.74, 6) is 0. The lowest BCUT2D eigenvalue weighted by Gasteiger charge is -2.17. The van der Waals surface area contributed by atoms with E-state index in [2.05, 4.69) is 48.6 Å². The van der Waals surface area contributed by atoms with E-state index in [0.717, 1.165) is 13.0 Å². The second-order valence-corrected chi connectivity index (χ2v) is 6.09. The van der Waals surface area contributed by atoms with Crippen LogP contribution in [0.2, 0.25) is 0 Å². The zero-order valence-electron chi connectivity index (χ0n) is 12.2. The minimum atomic E-state index is 0.356. The Morgan fingerprint density at radius 2 is 1.90 bits per heavy atom. The molecule has 3 N–H and O–H groups in total. The Balaban J connectivity index is 1.61. The number of fused-ring (bicyclic) bond motifs is 1. The molecule has 0 aliphatic heterocycles. The van der Waals surface area contributed by atoms with Gasteiger partial charge in [-0.05, 0) is 49.1 Å². The fourth-order valence-electron chi connectivity index (χ4n) is 3.21. The molecule has 106 valence electrons. The molecular formula is C18H24N2. The van der Waals surface area contributed by atoms with E-state index < -0.39 is 0 Å². The zero-order chi connectivity index (χ0) is 13.9. The number of nitrogens with two attached hydrogens (primary N) is 1. The summed E-state index contributed by atoms with van der Waals surface area (Å²) in [6.45, 7) is 3.16. The van der Waals surface area contributed by atoms with Crippen molar-refractivity contribution in [1.29, 1.82) is 0 Å². The fraction of sp³-hybridized carbons (Fsp3) is 0.444. The standard InChI is InChI=1S/C18H24N2/c1-13-5-7-16-12-14(6-8-15(16)11-13)9-10-20-18-4-2-3-17(18)19/h5-8,11-12,17-18,20H,2-4,9-10,19H2,1H3. The Bertz CT molecular complexity index is 591. The van der Waals surface area contributed by atoms with Gasteiger partial charge >= 0.3 is 0 Å². The van der Waals surface area contributed by atoms with Gasteiger partial charge in [-0.25, -0.2) is 0 Å². The van der Waals surface area contributed by atoms with Crippen LogP contribution in [0, 0.1) is 6.92 Å². The molecule has 1 fully saturated rings. The van der Waals surface area contributed by atoms with E-state index in [1.165, 1.54) is 41.2 Å². The molecule has 0 heterocycles. The van der Waals surface area contributed by atoms with E-state index in [1.54, 1.807) is 0 Å². The van der Waals surface area contributed by atoms with Gasteiger partial charge in [-0.2, -0.15) is 0 Å². The summed E-state index contributed by atoms with van der Waals surface area (Å²) in [5, 5.41) is 6.28. The molecule has 1 saturated carbocycles. The van der Waals surface area contributed by atoms with Crippen LogP contribution >= 0.6 is 0 Å². The summed E-state index contributed by atoms with van der Waals surface area (Å²) >= 11 is 0. The smallest absolute Gasteiger partial charge is 0.0219 e. The lowest BCUT2D eigenvalue weighted by atomic mass is 10.0. The van der Waals surface area contributed by atoms with Crippen molar-refractivity contribution in [2.24, 2.45) is 5.73 Å². The van der Waals surface area contributed by atoms with Crippen molar-refractivity contribution in [3.8, 4) is 0 Å². The molecule has 2 aromatic rings. The zero-order valence-corrected chi connectivity index (χ0v) is 12.2. The van der Waals surface area contributed by atoms with Crippen molar-refractivity contribution in [3.05, 3.63) is 47.5 Å². The maximum absolute atomic E-state index is 6.08. The normalized spacial score (nSPS) is 22.5. The van der Waals surface area contributed by atoms with Crippen molar-refractivity contribution in [1.82, 2.24) is 5.32 Å². The van der Waals surface area contributed by atoms with Gasteiger partial charge in [0.15, 0.2) is 0 Å². The third-order valence-corrected chi connectivity index (χ3v) is 4.45. The summed E-state index contributed by atoms with van der Waals surface area (Å²) in [5.41, 5.74) is 8.81. The molecule has 2 atom stereocenters. The fourth-order valence-corrected chi connectivity index (χ4v) is 3.21. The average Bonchev–Trinajstić information content (AvgIpc) is 2.85. The molecule has 0 spiro atoms. The summed E-state index contributed by atoms with van der Waals surface area (Å²) in [6, 6.07) is 14.3. The minimum absolute atomic E-state index is 0.356. The molecule has 0 radical (unpaired) electrons. The molecule has 20 heavy (non-hydrogen) atoms. The molecule has 0 aromatic heterocycles. The van der Waals surface area contributed by atoms with Crippen LogP contribution in [0.15, 0.2) is 36.4 Å². The summed E-state index contributed by atoms with van der Waals surface area (Å²) in [6.07, 6.45) is 4.76. The second kappa shape index (κ2) is 5.94. The molecule has 2 heteroatoms. The van der Waals surface area contributed by atoms with Gasteiger partial charge in [0, 0.05) is 12.1 Å². The van der Waals surface area contributed by atoms with E-state index in [4.69, 9.17) is 5.73 Å². The van der Waals surface area contributed by atoms with Crippen LogP contribution in [0.1, 0.15) is 30.4 Å². The minimum Gasteiger partial charge on any atom is -0.326 e. The van der Waals surface area contributed by atoms with Crippen LogP contribution in [-0.2, 0) is 6.42 Å². The van der Waals surface area contributed by atoms with Crippen LogP contribution in [0.5, 0.6) is 0 Å². The Kier molecular flexibility index (Phi) is 4.04. The third kappa shape index (κ3) is 3.02. The topological polar surface area (TPSA) is 38.0 Å². The van der Waals surface area contributed by atoms with Gasteiger partial charge in [0.2, 0.25) is 0 Å². The van der Waals surface area contributed by atoms with Crippen molar-refractivity contribution >= 4 is 10.8 Å². The van der Waals surface area contributed by atoms with Gasteiger partial charge in [-0.1, -0.05) is 48.4 Å². The number of nitrogens with one attached hydrogen (secondary N) is 1. The van der Waals surface area contributed by atoms with E-state index in [9.17, 15) is 0 Å². The molecule has 3 rings (SSSR count). The molecule has 0 amide bonds. The lowest BCUT2D eigenvalue weighted by molar-refractivity contribution is 0.479. The Morgan fingerprint density at radius 3 is 2.70 bits per heavy atom. The molecule has 0 bridgehead atoms. The van der Waals surface area contributed by atoms with Crippen molar-refractivity contribution < 1.29 is 0 Å². The van der Waals surface area contributed by atoms with Crippen molar-refractivity contribution in [3.63, 3.8) is 0 Å². The number of benzene rings is 2. The van der Waals surface area contributed by atoms with Crippen LogP contribution < -0.4 is 11.1 Å². The Labute approximate surface area is 121 Å². The SMILES string of the molecule is Cc1ccc2cc(CCNC3CCCC3N)ccc2c1. The molecule has 2 unspecified atom stereocenters. The van der Waals surface area contributed by atoms with Gasteiger partial charge in [-0.15, -0.1) is 0 Å². The first kappa shape index (κ1) is 13.6. The Morgan fingerprint density at radius 1 is 1.10 bits per heavy atom. The second-order valence-electron chi connectivity index (χ2n) is 6.09. The summed E-state index contributed by atoms with van der Waals surface area (Å²) in [7, 11) is 0. The van der Waals surface area contributed by atoms with Gasteiger partial charge < -0.3 is 11.1 Å². The highest BCUT2D eigenvalue weighted by atomic mass is 15.0. The van der Waals surface area contributed by atoms with Gasteiger partial charge in [0.05, 0.1) is 0 Å². The quantitative estimate of drug-likeness (QED) is 0.894. The predicted molar refractivity (Wildman–Crippen MR) is 86.0 cm³/mol. The first-order valence-corrected chi connectivity index (χ1v) is 7.71. The first-order valence-electron chi connectivity index (χ1n) is 7.71.